The number of imide groups is 1. The van der Waals surface area contributed by atoms with Crippen molar-refractivity contribution >= 4 is 28.8 Å². The van der Waals surface area contributed by atoms with E-state index in [9.17, 15) is 22.8 Å². The molecule has 6 nitrogen and oxygen atoms in total. The summed E-state index contributed by atoms with van der Waals surface area (Å²) in [5.74, 6) is -3.10. The van der Waals surface area contributed by atoms with Gasteiger partial charge in [0.25, 0.3) is 11.8 Å². The maximum atomic E-state index is 14.5. The highest BCUT2D eigenvalue weighted by molar-refractivity contribution is 6.46. The molecule has 5 rings (SSSR count). The fraction of sp³-hybridized carbons (Fsp3) is 0.0833. The second kappa shape index (κ2) is 8.01. The van der Waals surface area contributed by atoms with Gasteiger partial charge in [-0.05, 0) is 42.0 Å². The number of halogens is 3. The first-order valence-corrected chi connectivity index (χ1v) is 9.93. The minimum atomic E-state index is -0.947. The van der Waals surface area contributed by atoms with Crippen molar-refractivity contribution in [1.29, 1.82) is 0 Å². The number of hydrogen-bond acceptors (Lipinski definition) is 5. The molecule has 2 aliphatic heterocycles. The maximum Gasteiger partial charge on any atom is 0.282 e. The lowest BCUT2D eigenvalue weighted by Crippen LogP contribution is -2.33. The van der Waals surface area contributed by atoms with Gasteiger partial charge in [-0.15, -0.1) is 0 Å². The predicted octanol–water partition coefficient (Wildman–Crippen LogP) is 4.27. The van der Waals surface area contributed by atoms with Crippen molar-refractivity contribution in [2.45, 2.75) is 0 Å². The molecule has 0 fully saturated rings. The third-order valence-corrected chi connectivity index (χ3v) is 5.18. The zero-order valence-corrected chi connectivity index (χ0v) is 16.9. The van der Waals surface area contributed by atoms with Crippen LogP contribution in [0, 0.1) is 17.5 Å². The van der Waals surface area contributed by atoms with Crippen molar-refractivity contribution in [3.63, 3.8) is 0 Å². The summed E-state index contributed by atoms with van der Waals surface area (Å²) in [6, 6.07) is 12.2. The van der Waals surface area contributed by atoms with Gasteiger partial charge in [0.05, 0.1) is 11.3 Å². The quantitative estimate of drug-likeness (QED) is 0.599. The number of hydrogen-bond donors (Lipinski definition) is 1. The van der Waals surface area contributed by atoms with Crippen molar-refractivity contribution in [2.75, 3.05) is 23.4 Å². The molecule has 0 bridgehead atoms. The first kappa shape index (κ1) is 20.6. The molecule has 9 heteroatoms. The van der Waals surface area contributed by atoms with Crippen molar-refractivity contribution in [2.24, 2.45) is 0 Å². The fourth-order valence-corrected chi connectivity index (χ4v) is 3.67. The summed E-state index contributed by atoms with van der Waals surface area (Å²) in [6.07, 6.45) is 0. The van der Waals surface area contributed by atoms with Gasteiger partial charge in [-0.3, -0.25) is 9.59 Å². The maximum absolute atomic E-state index is 14.5. The summed E-state index contributed by atoms with van der Waals surface area (Å²) < 4.78 is 52.8. The second-order valence-corrected chi connectivity index (χ2v) is 7.28. The Bertz CT molecular complexity index is 1320. The van der Waals surface area contributed by atoms with Crippen molar-refractivity contribution in [1.82, 2.24) is 0 Å². The molecule has 3 aromatic rings. The van der Waals surface area contributed by atoms with E-state index in [0.29, 0.717) is 35.3 Å². The fourth-order valence-electron chi connectivity index (χ4n) is 3.67. The minimum Gasteiger partial charge on any atom is -0.486 e. The van der Waals surface area contributed by atoms with E-state index in [1.165, 1.54) is 12.1 Å². The molecule has 0 spiro atoms. The van der Waals surface area contributed by atoms with Gasteiger partial charge >= 0.3 is 0 Å². The molecule has 2 heterocycles. The van der Waals surface area contributed by atoms with Crippen LogP contribution in [0.3, 0.4) is 0 Å². The van der Waals surface area contributed by atoms with Crippen LogP contribution in [0.5, 0.6) is 11.5 Å². The molecule has 1 N–H and O–H groups in total. The Kier molecular flexibility index (Phi) is 5.01. The molecule has 2 amide bonds. The monoisotopic (exact) mass is 452 g/mol. The van der Waals surface area contributed by atoms with Gasteiger partial charge in [0, 0.05) is 17.8 Å². The molecular weight excluding hydrogens is 437 g/mol. The lowest BCUT2D eigenvalue weighted by Gasteiger charge is -2.19. The second-order valence-electron chi connectivity index (χ2n) is 7.28. The summed E-state index contributed by atoms with van der Waals surface area (Å²) in [6.45, 7) is 0.755. The molecule has 0 saturated carbocycles. The Morgan fingerprint density at radius 2 is 1.45 bits per heavy atom. The first-order chi connectivity index (χ1) is 15.9. The number of carbonyl (C=O) groups is 2. The van der Waals surface area contributed by atoms with Crippen LogP contribution in [-0.4, -0.2) is 25.0 Å². The number of nitrogens with zero attached hydrogens (tertiary/aromatic N) is 1. The van der Waals surface area contributed by atoms with E-state index in [4.69, 9.17) is 9.47 Å². The standard InChI is InChI=1S/C24H15F3N2O4/c25-14-3-1-13(2-4-14)21-22(28-16-6-8-19-20(12-16)33-10-9-32-19)24(31)29(23(21)30)18-11-15(26)5-7-17(18)27/h1-8,11-12,28H,9-10H2. The summed E-state index contributed by atoms with van der Waals surface area (Å²) in [5.41, 5.74) is -0.181. The van der Waals surface area contributed by atoms with Gasteiger partial charge in [0.1, 0.15) is 36.4 Å². The predicted molar refractivity (Wildman–Crippen MR) is 113 cm³/mol. The number of anilines is 2. The molecule has 166 valence electrons. The Labute approximate surface area is 185 Å². The van der Waals surface area contributed by atoms with E-state index < -0.39 is 35.0 Å². The molecule has 2 aliphatic rings. The SMILES string of the molecule is O=C1C(Nc2ccc3c(c2)OCCO3)=C(c2ccc(F)cc2)C(=O)N1c1cc(F)ccc1F. The van der Waals surface area contributed by atoms with E-state index in [-0.39, 0.29) is 16.8 Å². The van der Waals surface area contributed by atoms with Crippen LogP contribution in [0.15, 0.2) is 66.4 Å². The number of benzene rings is 3. The van der Waals surface area contributed by atoms with Crippen LogP contribution in [0.1, 0.15) is 5.56 Å². The zero-order valence-electron chi connectivity index (χ0n) is 16.9. The summed E-state index contributed by atoms with van der Waals surface area (Å²) in [5, 5.41) is 2.89. The van der Waals surface area contributed by atoms with E-state index in [1.54, 1.807) is 18.2 Å². The molecule has 3 aromatic carbocycles. The van der Waals surface area contributed by atoms with Crippen molar-refractivity contribution in [3.8, 4) is 11.5 Å². The average Bonchev–Trinajstić information content (AvgIpc) is 3.05. The number of nitrogens with one attached hydrogen (secondary N) is 1. The number of carbonyl (C=O) groups excluding carboxylic acids is 2. The third kappa shape index (κ3) is 3.67. The van der Waals surface area contributed by atoms with Gasteiger partial charge in [0.15, 0.2) is 11.5 Å². The van der Waals surface area contributed by atoms with Crippen LogP contribution < -0.4 is 19.7 Å². The van der Waals surface area contributed by atoms with Crippen LogP contribution in [0.2, 0.25) is 0 Å². The van der Waals surface area contributed by atoms with Gasteiger partial charge in [0.2, 0.25) is 0 Å². The number of amides is 2. The first-order valence-electron chi connectivity index (χ1n) is 9.93. The largest absolute Gasteiger partial charge is 0.486 e. The summed E-state index contributed by atoms with van der Waals surface area (Å²) in [7, 11) is 0. The lowest BCUT2D eigenvalue weighted by atomic mass is 10.0. The van der Waals surface area contributed by atoms with Crippen molar-refractivity contribution in [3.05, 3.63) is 89.4 Å². The van der Waals surface area contributed by atoms with Gasteiger partial charge in [-0.25, -0.2) is 18.1 Å². The Morgan fingerprint density at radius 3 is 2.21 bits per heavy atom. The molecule has 0 aromatic heterocycles. The lowest BCUT2D eigenvalue weighted by molar-refractivity contribution is -0.120. The Balaban J connectivity index is 1.60. The van der Waals surface area contributed by atoms with E-state index in [1.807, 2.05) is 0 Å². The molecule has 0 atom stereocenters. The summed E-state index contributed by atoms with van der Waals surface area (Å²) >= 11 is 0. The van der Waals surface area contributed by atoms with E-state index in [0.717, 1.165) is 30.3 Å². The summed E-state index contributed by atoms with van der Waals surface area (Å²) in [4.78, 5) is 27.1. The highest BCUT2D eigenvalue weighted by atomic mass is 19.1. The molecule has 33 heavy (non-hydrogen) atoms. The topological polar surface area (TPSA) is 67.9 Å². The van der Waals surface area contributed by atoms with E-state index >= 15 is 0 Å². The highest BCUT2D eigenvalue weighted by Crippen LogP contribution is 2.37. The smallest absolute Gasteiger partial charge is 0.282 e. The molecule has 0 saturated heterocycles. The van der Waals surface area contributed by atoms with Crippen LogP contribution in [0.25, 0.3) is 5.57 Å². The van der Waals surface area contributed by atoms with Crippen LogP contribution in [-0.2, 0) is 9.59 Å². The molecular formula is C24H15F3N2O4. The Hall–Kier alpha value is -4.27. The zero-order chi connectivity index (χ0) is 23.1. The van der Waals surface area contributed by atoms with Gasteiger partial charge in [-0.1, -0.05) is 12.1 Å². The number of ether oxygens (including phenoxy) is 2. The van der Waals surface area contributed by atoms with Gasteiger partial charge in [-0.2, -0.15) is 0 Å². The number of rotatable bonds is 4. The Morgan fingerprint density at radius 1 is 0.758 bits per heavy atom. The van der Waals surface area contributed by atoms with E-state index in [2.05, 4.69) is 5.32 Å². The highest BCUT2D eigenvalue weighted by Gasteiger charge is 2.41. The third-order valence-electron chi connectivity index (χ3n) is 5.18. The average molecular weight is 452 g/mol. The van der Waals surface area contributed by atoms with Crippen LogP contribution in [0.4, 0.5) is 24.5 Å². The molecule has 0 aliphatic carbocycles. The van der Waals surface area contributed by atoms with Crippen molar-refractivity contribution < 1.29 is 32.2 Å². The van der Waals surface area contributed by atoms with Crippen LogP contribution >= 0.6 is 0 Å². The molecule has 0 unspecified atom stereocenters. The normalized spacial score (nSPS) is 15.3. The number of fused-ring (bicyclic) bond motifs is 1. The van der Waals surface area contributed by atoms with Gasteiger partial charge < -0.3 is 14.8 Å². The molecule has 0 radical (unpaired) electrons. The minimum absolute atomic E-state index is 0.112.